The molecule has 0 atom stereocenters. The van der Waals surface area contributed by atoms with Gasteiger partial charge in [0.15, 0.2) is 0 Å². The average molecular weight is 294 g/mol. The highest BCUT2D eigenvalue weighted by Crippen LogP contribution is 2.32. The van der Waals surface area contributed by atoms with Crippen molar-refractivity contribution in [3.05, 3.63) is 27.3 Å². The molecule has 1 aromatic carbocycles. The Balaban J connectivity index is 2.20. The summed E-state index contributed by atoms with van der Waals surface area (Å²) in [6.07, 6.45) is 0.929. The second-order valence-electron chi connectivity index (χ2n) is 4.91. The van der Waals surface area contributed by atoms with Crippen molar-refractivity contribution < 1.29 is 4.92 Å². The first-order chi connectivity index (χ1) is 9.47. The molecule has 0 saturated heterocycles. The SMILES string of the molecule is Cc1nc2cc(NCCCN(C)C)c([N+](=O)[O-])cc2s1. The molecule has 7 heteroatoms. The summed E-state index contributed by atoms with van der Waals surface area (Å²) in [5.74, 6) is 0. The number of nitrogens with one attached hydrogen (secondary N) is 1. The number of nitrogens with zero attached hydrogens (tertiary/aromatic N) is 3. The highest BCUT2D eigenvalue weighted by atomic mass is 32.1. The molecule has 2 aromatic rings. The summed E-state index contributed by atoms with van der Waals surface area (Å²) in [5, 5.41) is 15.2. The quantitative estimate of drug-likeness (QED) is 0.504. The molecule has 0 spiro atoms. The van der Waals surface area contributed by atoms with Gasteiger partial charge in [-0.1, -0.05) is 0 Å². The Morgan fingerprint density at radius 2 is 2.20 bits per heavy atom. The van der Waals surface area contributed by atoms with Crippen LogP contribution in [-0.4, -0.2) is 42.0 Å². The van der Waals surface area contributed by atoms with E-state index in [1.807, 2.05) is 21.0 Å². The fourth-order valence-electron chi connectivity index (χ4n) is 1.99. The van der Waals surface area contributed by atoms with Crippen molar-refractivity contribution in [1.82, 2.24) is 9.88 Å². The van der Waals surface area contributed by atoms with E-state index in [-0.39, 0.29) is 10.6 Å². The average Bonchev–Trinajstić information content (AvgIpc) is 2.72. The third kappa shape index (κ3) is 3.43. The van der Waals surface area contributed by atoms with E-state index < -0.39 is 0 Å². The van der Waals surface area contributed by atoms with Gasteiger partial charge >= 0.3 is 0 Å². The summed E-state index contributed by atoms with van der Waals surface area (Å²) in [6, 6.07) is 3.38. The molecule has 0 saturated carbocycles. The molecule has 0 aliphatic carbocycles. The number of hydrogen-bond donors (Lipinski definition) is 1. The third-order valence-corrected chi connectivity index (χ3v) is 3.84. The van der Waals surface area contributed by atoms with Crippen LogP contribution in [0.5, 0.6) is 0 Å². The van der Waals surface area contributed by atoms with Crippen molar-refractivity contribution in [3.63, 3.8) is 0 Å². The number of thiazole rings is 1. The molecular formula is C13H18N4O2S. The lowest BCUT2D eigenvalue weighted by atomic mass is 10.2. The van der Waals surface area contributed by atoms with Crippen LogP contribution in [0.2, 0.25) is 0 Å². The highest BCUT2D eigenvalue weighted by molar-refractivity contribution is 7.18. The molecule has 1 heterocycles. The van der Waals surface area contributed by atoms with Crippen LogP contribution in [0.1, 0.15) is 11.4 Å². The highest BCUT2D eigenvalue weighted by Gasteiger charge is 2.16. The fraction of sp³-hybridized carbons (Fsp3) is 0.462. The van der Waals surface area contributed by atoms with Gasteiger partial charge in [-0.25, -0.2) is 4.98 Å². The minimum Gasteiger partial charge on any atom is -0.379 e. The van der Waals surface area contributed by atoms with Crippen molar-refractivity contribution in [2.75, 3.05) is 32.5 Å². The van der Waals surface area contributed by atoms with E-state index in [2.05, 4.69) is 15.2 Å². The van der Waals surface area contributed by atoms with E-state index in [1.165, 1.54) is 11.3 Å². The van der Waals surface area contributed by atoms with Gasteiger partial charge in [0.05, 0.1) is 20.1 Å². The maximum absolute atomic E-state index is 11.2. The number of hydrogen-bond acceptors (Lipinski definition) is 6. The molecule has 0 aliphatic rings. The molecule has 20 heavy (non-hydrogen) atoms. The summed E-state index contributed by atoms with van der Waals surface area (Å²) in [5.41, 5.74) is 1.48. The number of aromatic nitrogens is 1. The normalized spacial score (nSPS) is 11.2. The zero-order chi connectivity index (χ0) is 14.7. The number of nitro benzene ring substituents is 1. The zero-order valence-corrected chi connectivity index (χ0v) is 12.7. The number of fused-ring (bicyclic) bond motifs is 1. The van der Waals surface area contributed by atoms with E-state index in [4.69, 9.17) is 0 Å². The summed E-state index contributed by atoms with van der Waals surface area (Å²) >= 11 is 1.47. The lowest BCUT2D eigenvalue weighted by Crippen LogP contribution is -2.16. The van der Waals surface area contributed by atoms with Crippen molar-refractivity contribution in [2.45, 2.75) is 13.3 Å². The van der Waals surface area contributed by atoms with Gasteiger partial charge in [-0.05, 0) is 40.1 Å². The molecule has 1 N–H and O–H groups in total. The predicted octanol–water partition coefficient (Wildman–Crippen LogP) is 2.88. The van der Waals surface area contributed by atoms with E-state index in [0.29, 0.717) is 12.2 Å². The first-order valence-electron chi connectivity index (χ1n) is 6.41. The van der Waals surface area contributed by atoms with Crippen LogP contribution in [0.15, 0.2) is 12.1 Å². The maximum Gasteiger partial charge on any atom is 0.293 e. The molecule has 108 valence electrons. The molecule has 1 aromatic heterocycles. The minimum atomic E-state index is -0.344. The second kappa shape index (κ2) is 6.15. The molecule has 0 amide bonds. The molecule has 2 rings (SSSR count). The molecule has 6 nitrogen and oxygen atoms in total. The monoisotopic (exact) mass is 294 g/mol. The minimum absolute atomic E-state index is 0.117. The standard InChI is InChI=1S/C13H18N4O2S/c1-9-15-11-7-10(14-5-4-6-16(2)3)12(17(18)19)8-13(11)20-9/h7-8,14H,4-6H2,1-3H3. The number of benzene rings is 1. The van der Waals surface area contributed by atoms with Gasteiger partial charge in [0.1, 0.15) is 5.69 Å². The first kappa shape index (κ1) is 14.7. The Kier molecular flexibility index (Phi) is 4.51. The summed E-state index contributed by atoms with van der Waals surface area (Å²) in [7, 11) is 4.01. The topological polar surface area (TPSA) is 71.3 Å². The molecule has 0 unspecified atom stereocenters. The lowest BCUT2D eigenvalue weighted by molar-refractivity contribution is -0.383. The van der Waals surface area contributed by atoms with Crippen LogP contribution < -0.4 is 5.32 Å². The van der Waals surface area contributed by atoms with Crippen LogP contribution in [0.25, 0.3) is 10.2 Å². The predicted molar refractivity (Wildman–Crippen MR) is 82.7 cm³/mol. The van der Waals surface area contributed by atoms with Crippen molar-refractivity contribution in [2.24, 2.45) is 0 Å². The van der Waals surface area contributed by atoms with Gasteiger partial charge in [-0.15, -0.1) is 11.3 Å². The maximum atomic E-state index is 11.2. The van der Waals surface area contributed by atoms with Gasteiger partial charge in [-0.2, -0.15) is 0 Å². The van der Waals surface area contributed by atoms with Crippen LogP contribution in [-0.2, 0) is 0 Å². The van der Waals surface area contributed by atoms with Crippen molar-refractivity contribution >= 4 is 32.9 Å². The van der Waals surface area contributed by atoms with E-state index in [1.54, 1.807) is 12.1 Å². The van der Waals surface area contributed by atoms with Gasteiger partial charge in [-0.3, -0.25) is 10.1 Å². The summed E-state index contributed by atoms with van der Waals surface area (Å²) < 4.78 is 0.855. The van der Waals surface area contributed by atoms with Crippen LogP contribution in [0, 0.1) is 17.0 Å². The Morgan fingerprint density at radius 3 is 2.85 bits per heavy atom. The number of aryl methyl sites for hydroxylation is 1. The van der Waals surface area contributed by atoms with E-state index in [0.717, 1.165) is 28.2 Å². The number of anilines is 1. The Labute approximate surface area is 121 Å². The van der Waals surface area contributed by atoms with Crippen molar-refractivity contribution in [1.29, 1.82) is 0 Å². The summed E-state index contributed by atoms with van der Waals surface area (Å²) in [6.45, 7) is 3.55. The van der Waals surface area contributed by atoms with Gasteiger partial charge in [0.25, 0.3) is 5.69 Å². The molecular weight excluding hydrogens is 276 g/mol. The van der Waals surface area contributed by atoms with Crippen molar-refractivity contribution in [3.8, 4) is 0 Å². The van der Waals surface area contributed by atoms with Gasteiger partial charge < -0.3 is 10.2 Å². The zero-order valence-electron chi connectivity index (χ0n) is 11.8. The third-order valence-electron chi connectivity index (χ3n) is 2.91. The van der Waals surface area contributed by atoms with Gasteiger partial charge in [0.2, 0.25) is 0 Å². The lowest BCUT2D eigenvalue weighted by Gasteiger charge is -2.10. The number of rotatable bonds is 6. The van der Waals surface area contributed by atoms with Crippen LogP contribution in [0.4, 0.5) is 11.4 Å². The Bertz CT molecular complexity index is 624. The van der Waals surface area contributed by atoms with E-state index in [9.17, 15) is 10.1 Å². The van der Waals surface area contributed by atoms with Gasteiger partial charge in [0, 0.05) is 12.6 Å². The molecule has 0 radical (unpaired) electrons. The number of nitro groups is 1. The van der Waals surface area contributed by atoms with Crippen LogP contribution in [0.3, 0.4) is 0 Å². The smallest absolute Gasteiger partial charge is 0.293 e. The second-order valence-corrected chi connectivity index (χ2v) is 6.15. The summed E-state index contributed by atoms with van der Waals surface area (Å²) in [4.78, 5) is 17.3. The Morgan fingerprint density at radius 1 is 1.45 bits per heavy atom. The molecule has 0 fully saturated rings. The fourth-order valence-corrected chi connectivity index (χ4v) is 2.83. The largest absolute Gasteiger partial charge is 0.379 e. The Hall–Kier alpha value is -1.73. The molecule has 0 bridgehead atoms. The first-order valence-corrected chi connectivity index (χ1v) is 7.23. The molecule has 0 aliphatic heterocycles. The van der Waals surface area contributed by atoms with Crippen LogP contribution >= 0.6 is 11.3 Å². The van der Waals surface area contributed by atoms with E-state index >= 15 is 0 Å².